The standard InChI is InChI=1S/C8H8F4N2/c9-7-2-1-5(14-4-13)3-6(7)8(10,11)12/h1-3,14H,4,13H2. The topological polar surface area (TPSA) is 38.0 Å². The molecule has 0 aliphatic rings. The van der Waals surface area contributed by atoms with Crippen LogP contribution in [-0.2, 0) is 6.18 Å². The van der Waals surface area contributed by atoms with Crippen molar-refractivity contribution in [1.29, 1.82) is 0 Å². The van der Waals surface area contributed by atoms with Gasteiger partial charge in [-0.15, -0.1) is 0 Å². The van der Waals surface area contributed by atoms with Crippen LogP contribution < -0.4 is 11.1 Å². The Balaban J connectivity index is 3.09. The minimum atomic E-state index is -4.68. The van der Waals surface area contributed by atoms with Crippen molar-refractivity contribution in [2.24, 2.45) is 5.73 Å². The number of hydrogen-bond donors (Lipinski definition) is 2. The molecule has 1 rings (SSSR count). The summed E-state index contributed by atoms with van der Waals surface area (Å²) in [5, 5.41) is 2.46. The molecule has 0 amide bonds. The number of anilines is 1. The summed E-state index contributed by atoms with van der Waals surface area (Å²) in [5.74, 6) is -1.29. The summed E-state index contributed by atoms with van der Waals surface area (Å²) in [6, 6.07) is 2.63. The molecule has 0 unspecified atom stereocenters. The maximum atomic E-state index is 12.7. The van der Waals surface area contributed by atoms with Crippen molar-refractivity contribution in [2.75, 3.05) is 12.0 Å². The van der Waals surface area contributed by atoms with Crippen molar-refractivity contribution < 1.29 is 17.6 Å². The van der Waals surface area contributed by atoms with Crippen LogP contribution in [0.2, 0.25) is 0 Å². The second kappa shape index (κ2) is 3.83. The van der Waals surface area contributed by atoms with Crippen molar-refractivity contribution in [2.45, 2.75) is 6.18 Å². The molecule has 0 aliphatic carbocycles. The van der Waals surface area contributed by atoms with E-state index >= 15 is 0 Å². The van der Waals surface area contributed by atoms with Crippen LogP contribution in [0.25, 0.3) is 0 Å². The lowest BCUT2D eigenvalue weighted by Crippen LogP contribution is -2.13. The lowest BCUT2D eigenvalue weighted by atomic mass is 10.2. The molecule has 0 spiro atoms. The first-order chi connectivity index (χ1) is 6.45. The molecular formula is C8H8F4N2. The Hall–Kier alpha value is -1.30. The van der Waals surface area contributed by atoms with E-state index in [9.17, 15) is 17.6 Å². The van der Waals surface area contributed by atoms with Crippen LogP contribution in [0.3, 0.4) is 0 Å². The smallest absolute Gasteiger partial charge is 0.373 e. The normalized spacial score (nSPS) is 11.5. The summed E-state index contributed by atoms with van der Waals surface area (Å²) in [7, 11) is 0. The monoisotopic (exact) mass is 208 g/mol. The van der Waals surface area contributed by atoms with Gasteiger partial charge in [0.05, 0.1) is 12.2 Å². The van der Waals surface area contributed by atoms with Crippen molar-refractivity contribution >= 4 is 5.69 Å². The highest BCUT2D eigenvalue weighted by atomic mass is 19.4. The third kappa shape index (κ3) is 2.35. The van der Waals surface area contributed by atoms with Gasteiger partial charge in [-0.2, -0.15) is 13.2 Å². The molecule has 1 aromatic rings. The molecule has 0 aliphatic heterocycles. The van der Waals surface area contributed by atoms with E-state index in [-0.39, 0.29) is 12.4 Å². The lowest BCUT2D eigenvalue weighted by Gasteiger charge is -2.10. The third-order valence-corrected chi connectivity index (χ3v) is 1.58. The second-order valence-corrected chi connectivity index (χ2v) is 2.57. The van der Waals surface area contributed by atoms with E-state index in [4.69, 9.17) is 5.73 Å². The van der Waals surface area contributed by atoms with Crippen molar-refractivity contribution in [3.8, 4) is 0 Å². The van der Waals surface area contributed by atoms with Crippen LogP contribution in [0.5, 0.6) is 0 Å². The first-order valence-electron chi connectivity index (χ1n) is 3.76. The lowest BCUT2D eigenvalue weighted by molar-refractivity contribution is -0.139. The summed E-state index contributed by atoms with van der Waals surface area (Å²) in [6.45, 7) is -0.0110. The number of rotatable bonds is 2. The Morgan fingerprint density at radius 3 is 2.43 bits per heavy atom. The zero-order valence-electron chi connectivity index (χ0n) is 7.03. The highest BCUT2D eigenvalue weighted by Crippen LogP contribution is 2.32. The van der Waals surface area contributed by atoms with Crippen LogP contribution in [0.15, 0.2) is 18.2 Å². The van der Waals surface area contributed by atoms with Crippen LogP contribution in [0, 0.1) is 5.82 Å². The van der Waals surface area contributed by atoms with Gasteiger partial charge in [0.15, 0.2) is 0 Å². The minimum Gasteiger partial charge on any atom is -0.373 e. The highest BCUT2D eigenvalue weighted by Gasteiger charge is 2.34. The third-order valence-electron chi connectivity index (χ3n) is 1.58. The molecule has 0 heterocycles. The largest absolute Gasteiger partial charge is 0.419 e. The first-order valence-corrected chi connectivity index (χ1v) is 3.76. The molecule has 6 heteroatoms. The molecule has 1 aromatic carbocycles. The Bertz CT molecular complexity index is 322. The minimum absolute atomic E-state index is 0.0110. The van der Waals surface area contributed by atoms with Gasteiger partial charge in [-0.3, -0.25) is 0 Å². The Morgan fingerprint density at radius 1 is 1.29 bits per heavy atom. The van der Waals surface area contributed by atoms with Crippen molar-refractivity contribution in [3.05, 3.63) is 29.6 Å². The fraction of sp³-hybridized carbons (Fsp3) is 0.250. The first kappa shape index (κ1) is 10.8. The molecule has 0 fully saturated rings. The average Bonchev–Trinajstić information content (AvgIpc) is 2.07. The summed E-state index contributed by atoms with van der Waals surface area (Å²) >= 11 is 0. The molecule has 0 bridgehead atoms. The van der Waals surface area contributed by atoms with Gasteiger partial charge in [-0.05, 0) is 18.2 Å². The number of nitrogens with two attached hydrogens (primary N) is 1. The SMILES string of the molecule is NCNc1ccc(F)c(C(F)(F)F)c1. The fourth-order valence-electron chi connectivity index (χ4n) is 0.970. The molecule has 3 N–H and O–H groups in total. The van der Waals surface area contributed by atoms with Gasteiger partial charge in [0, 0.05) is 5.69 Å². The zero-order valence-corrected chi connectivity index (χ0v) is 7.03. The van der Waals surface area contributed by atoms with Crippen molar-refractivity contribution in [1.82, 2.24) is 0 Å². The summed E-state index contributed by atoms with van der Waals surface area (Å²) in [5.41, 5.74) is 3.92. The molecule has 0 saturated heterocycles. The van der Waals surface area contributed by atoms with Crippen LogP contribution in [0.1, 0.15) is 5.56 Å². The number of alkyl halides is 3. The summed E-state index contributed by atoms with van der Waals surface area (Å²) < 4.78 is 49.2. The van der Waals surface area contributed by atoms with Gasteiger partial charge in [0.1, 0.15) is 5.82 Å². The van der Waals surface area contributed by atoms with Gasteiger partial charge in [-0.1, -0.05) is 0 Å². The van der Waals surface area contributed by atoms with Crippen LogP contribution in [0.4, 0.5) is 23.2 Å². The van der Waals surface area contributed by atoms with Crippen LogP contribution >= 0.6 is 0 Å². The van der Waals surface area contributed by atoms with E-state index in [1.54, 1.807) is 0 Å². The van der Waals surface area contributed by atoms with Gasteiger partial charge in [0.2, 0.25) is 0 Å². The molecule has 0 saturated carbocycles. The highest BCUT2D eigenvalue weighted by molar-refractivity contribution is 5.46. The Kier molecular flexibility index (Phi) is 2.95. The molecular weight excluding hydrogens is 200 g/mol. The zero-order chi connectivity index (χ0) is 10.8. The van der Waals surface area contributed by atoms with Crippen LogP contribution in [-0.4, -0.2) is 6.67 Å². The molecule has 0 atom stereocenters. The fourth-order valence-corrected chi connectivity index (χ4v) is 0.970. The summed E-state index contributed by atoms with van der Waals surface area (Å²) in [6.07, 6.45) is -4.68. The van der Waals surface area contributed by atoms with Gasteiger partial charge < -0.3 is 11.1 Å². The molecule has 2 nitrogen and oxygen atoms in total. The van der Waals surface area contributed by atoms with E-state index in [0.717, 1.165) is 6.07 Å². The van der Waals surface area contributed by atoms with E-state index < -0.39 is 17.6 Å². The van der Waals surface area contributed by atoms with Crippen molar-refractivity contribution in [3.63, 3.8) is 0 Å². The second-order valence-electron chi connectivity index (χ2n) is 2.57. The van der Waals surface area contributed by atoms with Gasteiger partial charge in [0.25, 0.3) is 0 Å². The average molecular weight is 208 g/mol. The molecule has 14 heavy (non-hydrogen) atoms. The predicted molar refractivity (Wildman–Crippen MR) is 44.1 cm³/mol. The molecule has 0 radical (unpaired) electrons. The van der Waals surface area contributed by atoms with E-state index in [0.29, 0.717) is 6.07 Å². The number of benzene rings is 1. The number of halogens is 4. The predicted octanol–water partition coefficient (Wildman–Crippen LogP) is 2.17. The maximum absolute atomic E-state index is 12.7. The van der Waals surface area contributed by atoms with Gasteiger partial charge >= 0.3 is 6.18 Å². The van der Waals surface area contributed by atoms with E-state index in [1.807, 2.05) is 0 Å². The molecule has 0 aromatic heterocycles. The Labute approximate surface area is 77.7 Å². The Morgan fingerprint density at radius 2 is 1.93 bits per heavy atom. The van der Waals surface area contributed by atoms with E-state index in [2.05, 4.69) is 5.32 Å². The number of hydrogen-bond acceptors (Lipinski definition) is 2. The molecule has 78 valence electrons. The maximum Gasteiger partial charge on any atom is 0.419 e. The number of nitrogens with one attached hydrogen (secondary N) is 1. The van der Waals surface area contributed by atoms with E-state index in [1.165, 1.54) is 6.07 Å². The quantitative estimate of drug-likeness (QED) is 0.577. The van der Waals surface area contributed by atoms with Gasteiger partial charge in [-0.25, -0.2) is 4.39 Å². The summed E-state index contributed by atoms with van der Waals surface area (Å²) in [4.78, 5) is 0.